The van der Waals surface area contributed by atoms with Crippen LogP contribution in [0.3, 0.4) is 0 Å². The number of hydrogen-bond acceptors (Lipinski definition) is 8. The van der Waals surface area contributed by atoms with Crippen LogP contribution in [-0.4, -0.2) is 63.4 Å². The van der Waals surface area contributed by atoms with E-state index in [1.807, 2.05) is 67.3 Å². The van der Waals surface area contributed by atoms with Gasteiger partial charge in [-0.05, 0) is 98.5 Å². The maximum atomic E-state index is 13.8. The van der Waals surface area contributed by atoms with E-state index in [1.165, 1.54) is 7.11 Å². The molecule has 1 saturated carbocycles. The number of carbonyl (C=O) groups is 2. The summed E-state index contributed by atoms with van der Waals surface area (Å²) in [4.78, 5) is 34.1. The van der Waals surface area contributed by atoms with Gasteiger partial charge >= 0.3 is 5.97 Å². The van der Waals surface area contributed by atoms with Gasteiger partial charge < -0.3 is 24.4 Å². The molecule has 1 aliphatic heterocycles. The van der Waals surface area contributed by atoms with Crippen LogP contribution in [-0.2, 0) is 20.7 Å². The zero-order chi connectivity index (χ0) is 32.1. The quantitative estimate of drug-likeness (QED) is 0.258. The van der Waals surface area contributed by atoms with Crippen LogP contribution in [0.1, 0.15) is 62.3 Å². The maximum absolute atomic E-state index is 13.8. The number of ether oxygens (including phenoxy) is 3. The molecule has 5 rings (SSSR count). The minimum Gasteiger partial charge on any atom is -0.493 e. The summed E-state index contributed by atoms with van der Waals surface area (Å²) >= 11 is 6.26. The van der Waals surface area contributed by atoms with Crippen molar-refractivity contribution in [3.63, 3.8) is 0 Å². The summed E-state index contributed by atoms with van der Waals surface area (Å²) in [7, 11) is 5.09. The Morgan fingerprint density at radius 3 is 2.42 bits per heavy atom. The molecule has 45 heavy (non-hydrogen) atoms. The topological polar surface area (TPSA) is 93.2 Å². The lowest BCUT2D eigenvalue weighted by atomic mass is 9.85. The van der Waals surface area contributed by atoms with Crippen LogP contribution in [0, 0.1) is 5.92 Å². The van der Waals surface area contributed by atoms with Gasteiger partial charge in [0.25, 0.3) is 0 Å². The molecule has 1 atom stereocenters. The number of rotatable bonds is 11. The van der Waals surface area contributed by atoms with Gasteiger partial charge in [-0.3, -0.25) is 14.5 Å². The van der Waals surface area contributed by atoms with E-state index >= 15 is 0 Å². The normalized spacial score (nSPS) is 19.7. The van der Waals surface area contributed by atoms with Crippen molar-refractivity contribution in [1.29, 1.82) is 0 Å². The van der Waals surface area contributed by atoms with Gasteiger partial charge in [0.05, 0.1) is 51.2 Å². The van der Waals surface area contributed by atoms with E-state index in [-0.39, 0.29) is 30.9 Å². The minimum absolute atomic E-state index is 0.0255. The number of nitrogens with one attached hydrogen (secondary N) is 1. The highest BCUT2D eigenvalue weighted by Gasteiger charge is 2.36. The number of methoxy groups -OCH3 is 2. The Morgan fingerprint density at radius 1 is 1.07 bits per heavy atom. The zero-order valence-corrected chi connectivity index (χ0v) is 27.5. The number of pyridine rings is 1. The van der Waals surface area contributed by atoms with E-state index in [9.17, 15) is 9.59 Å². The zero-order valence-electron chi connectivity index (χ0n) is 26.7. The molecule has 0 radical (unpaired) electrons. The average molecular weight is 635 g/mol. The first-order valence-corrected chi connectivity index (χ1v) is 16.0. The summed E-state index contributed by atoms with van der Waals surface area (Å²) in [5, 5.41) is 3.94. The third-order valence-corrected chi connectivity index (χ3v) is 8.93. The van der Waals surface area contributed by atoms with Crippen molar-refractivity contribution >= 4 is 35.0 Å². The Hall–Kier alpha value is -3.82. The lowest BCUT2D eigenvalue weighted by molar-refractivity contribution is -0.139. The molecule has 2 aromatic carbocycles. The summed E-state index contributed by atoms with van der Waals surface area (Å²) in [5.74, 6) is 2.40. The van der Waals surface area contributed by atoms with E-state index < -0.39 is 6.04 Å². The number of nitrogens with zero attached hydrogens (tertiary/aromatic N) is 3. The van der Waals surface area contributed by atoms with Crippen LogP contribution < -0.4 is 24.6 Å². The molecule has 0 spiro atoms. The Bertz CT molecular complexity index is 1470. The van der Waals surface area contributed by atoms with Crippen LogP contribution in [0.2, 0.25) is 5.02 Å². The molecular formula is C35H43ClN4O5. The number of anilines is 2. The number of amides is 1. The van der Waals surface area contributed by atoms with Gasteiger partial charge in [0, 0.05) is 24.7 Å². The van der Waals surface area contributed by atoms with Gasteiger partial charge in [0.1, 0.15) is 5.82 Å². The van der Waals surface area contributed by atoms with E-state index in [1.54, 1.807) is 13.3 Å². The number of hydrogen-bond donors (Lipinski definition) is 1. The first-order chi connectivity index (χ1) is 21.7. The monoisotopic (exact) mass is 634 g/mol. The molecule has 2 aliphatic rings. The summed E-state index contributed by atoms with van der Waals surface area (Å²) < 4.78 is 16.5. The van der Waals surface area contributed by atoms with Gasteiger partial charge in [0.15, 0.2) is 11.5 Å². The first-order valence-electron chi connectivity index (χ1n) is 15.6. The predicted octanol–water partition coefficient (Wildman–Crippen LogP) is 5.97. The molecule has 9 nitrogen and oxygen atoms in total. The Balaban J connectivity index is 1.36. The Morgan fingerprint density at radius 2 is 1.80 bits per heavy atom. The highest BCUT2D eigenvalue weighted by atomic mass is 35.5. The second-order valence-electron chi connectivity index (χ2n) is 12.2. The van der Waals surface area contributed by atoms with Crippen molar-refractivity contribution in [1.82, 2.24) is 10.3 Å². The number of fused-ring (bicyclic) bond motifs is 1. The molecule has 1 aliphatic carbocycles. The molecule has 2 heterocycles. The van der Waals surface area contributed by atoms with Crippen molar-refractivity contribution < 1.29 is 23.8 Å². The largest absolute Gasteiger partial charge is 0.493 e. The second kappa shape index (κ2) is 14.5. The van der Waals surface area contributed by atoms with Crippen LogP contribution in [0.4, 0.5) is 11.5 Å². The fourth-order valence-electron chi connectivity index (χ4n) is 6.41. The molecule has 1 N–H and O–H groups in total. The Kier molecular flexibility index (Phi) is 10.5. The SMILES string of the molecule is COC(=O)CN[C@H]1CC[C@H](CN(C)c2ccc(N3C(=O)Cc4cc(OC)c(OC(C)C)cc4[C@@H]3c3ccc(Cl)cc3)cn2)CC1. The standard InChI is InChI=1S/C35H43ClN4O5/c1-22(2)45-31-18-29-25(16-30(31)43-4)17-33(41)40(35(29)24-8-10-26(36)11-9-24)28-14-15-32(38-19-28)39(3)21-23-6-12-27(13-7-23)37-20-34(42)44-5/h8-11,14-16,18-19,22-23,27,35,37H,6-7,12-13,17,20-21H2,1-5H3/t23-,27-,35-/m0/s1. The van der Waals surface area contributed by atoms with Crippen LogP contribution in [0.25, 0.3) is 0 Å². The summed E-state index contributed by atoms with van der Waals surface area (Å²) in [6.45, 7) is 5.10. The summed E-state index contributed by atoms with van der Waals surface area (Å²) in [6.07, 6.45) is 6.21. The first kappa shape index (κ1) is 32.6. The number of halogens is 1. The van der Waals surface area contributed by atoms with Crippen molar-refractivity contribution in [2.75, 3.05) is 44.2 Å². The molecule has 0 unspecified atom stereocenters. The summed E-state index contributed by atoms with van der Waals surface area (Å²) in [5.41, 5.74) is 3.55. The third-order valence-electron chi connectivity index (χ3n) is 8.68. The van der Waals surface area contributed by atoms with Crippen molar-refractivity contribution in [2.24, 2.45) is 5.92 Å². The van der Waals surface area contributed by atoms with Gasteiger partial charge in [-0.2, -0.15) is 0 Å². The van der Waals surface area contributed by atoms with Crippen LogP contribution >= 0.6 is 11.6 Å². The van der Waals surface area contributed by atoms with Gasteiger partial charge in [0.2, 0.25) is 5.91 Å². The number of aromatic nitrogens is 1. The molecule has 0 bridgehead atoms. The van der Waals surface area contributed by atoms with E-state index in [2.05, 4.69) is 17.3 Å². The maximum Gasteiger partial charge on any atom is 0.319 e. The molecule has 1 aromatic heterocycles. The summed E-state index contributed by atoms with van der Waals surface area (Å²) in [6, 6.07) is 15.5. The number of esters is 1. The lowest BCUT2D eigenvalue weighted by Crippen LogP contribution is -2.41. The fourth-order valence-corrected chi connectivity index (χ4v) is 6.53. The van der Waals surface area contributed by atoms with Crippen LogP contribution in [0.15, 0.2) is 54.7 Å². The fraction of sp³-hybridized carbons (Fsp3) is 0.457. The van der Waals surface area contributed by atoms with E-state index in [0.717, 1.165) is 60.4 Å². The Labute approximate surface area is 270 Å². The predicted molar refractivity (Wildman–Crippen MR) is 177 cm³/mol. The molecular weight excluding hydrogens is 592 g/mol. The average Bonchev–Trinajstić information content (AvgIpc) is 3.04. The number of benzene rings is 2. The third kappa shape index (κ3) is 7.71. The minimum atomic E-state index is -0.396. The molecule has 0 saturated heterocycles. The van der Waals surface area contributed by atoms with Crippen molar-refractivity contribution in [2.45, 2.75) is 64.1 Å². The van der Waals surface area contributed by atoms with Crippen molar-refractivity contribution in [3.8, 4) is 11.5 Å². The molecule has 3 aromatic rings. The lowest BCUT2D eigenvalue weighted by Gasteiger charge is -2.38. The van der Waals surface area contributed by atoms with E-state index in [0.29, 0.717) is 28.5 Å². The van der Waals surface area contributed by atoms with Gasteiger partial charge in [-0.1, -0.05) is 23.7 Å². The molecule has 240 valence electrons. The van der Waals surface area contributed by atoms with Gasteiger partial charge in [-0.25, -0.2) is 4.98 Å². The van der Waals surface area contributed by atoms with Crippen LogP contribution in [0.5, 0.6) is 11.5 Å². The van der Waals surface area contributed by atoms with Gasteiger partial charge in [-0.15, -0.1) is 0 Å². The second-order valence-corrected chi connectivity index (χ2v) is 12.6. The van der Waals surface area contributed by atoms with Crippen molar-refractivity contribution in [3.05, 3.63) is 76.4 Å². The molecule has 1 amide bonds. The molecule has 10 heteroatoms. The molecule has 1 fully saturated rings. The van der Waals surface area contributed by atoms with E-state index in [4.69, 9.17) is 30.8 Å². The smallest absolute Gasteiger partial charge is 0.319 e. The number of carbonyl (C=O) groups excluding carboxylic acids is 2. The highest BCUT2D eigenvalue weighted by molar-refractivity contribution is 6.30. The highest BCUT2D eigenvalue weighted by Crippen LogP contribution is 2.44.